The molecule has 6 rings (SSSR count). The van der Waals surface area contributed by atoms with Crippen molar-refractivity contribution in [2.45, 2.75) is 55.8 Å². The molecule has 0 spiro atoms. The molecule has 0 radical (unpaired) electrons. The summed E-state index contributed by atoms with van der Waals surface area (Å²) in [5.74, 6) is -1.46. The molecule has 4 fully saturated rings. The van der Waals surface area contributed by atoms with Crippen LogP contribution in [0.1, 0.15) is 65.3 Å². The van der Waals surface area contributed by atoms with Gasteiger partial charge in [-0.1, -0.05) is 6.07 Å². The van der Waals surface area contributed by atoms with Crippen LogP contribution in [0.2, 0.25) is 0 Å². The zero-order chi connectivity index (χ0) is 23.4. The van der Waals surface area contributed by atoms with E-state index >= 15 is 0 Å². The summed E-state index contributed by atoms with van der Waals surface area (Å²) in [5, 5.41) is 3.21. The number of hydrogen-bond donors (Lipinski definition) is 1. The van der Waals surface area contributed by atoms with E-state index in [9.17, 15) is 22.8 Å². The van der Waals surface area contributed by atoms with Crippen molar-refractivity contribution >= 4 is 11.8 Å². The Morgan fingerprint density at radius 2 is 1.76 bits per heavy atom. The maximum Gasteiger partial charge on any atom is 0.451 e. The fourth-order valence-electron chi connectivity index (χ4n) is 6.56. The standard InChI is InChI=1S/C23H24F3N5O2/c1-31(19(33)17-5-7-28-20(29-17)23(24,25)26)22-11-14-8-15(12-22)10-21(9-14,13-22)30-18(32)16-4-2-3-6-27-16/h2-7,14-15H,8-13H2,1H3,(H,30,32). The van der Waals surface area contributed by atoms with Crippen molar-refractivity contribution in [1.29, 1.82) is 0 Å². The fourth-order valence-corrected chi connectivity index (χ4v) is 6.56. The number of amides is 2. The highest BCUT2D eigenvalue weighted by Gasteiger charge is 2.60. The Labute approximate surface area is 188 Å². The molecule has 2 aromatic heterocycles. The highest BCUT2D eigenvalue weighted by molar-refractivity contribution is 5.93. The molecular formula is C23H24F3N5O2. The topological polar surface area (TPSA) is 88.1 Å². The van der Waals surface area contributed by atoms with Gasteiger partial charge in [-0.3, -0.25) is 14.6 Å². The van der Waals surface area contributed by atoms with Gasteiger partial charge >= 0.3 is 6.18 Å². The van der Waals surface area contributed by atoms with Gasteiger partial charge < -0.3 is 10.2 Å². The van der Waals surface area contributed by atoms with Crippen LogP contribution in [-0.2, 0) is 6.18 Å². The van der Waals surface area contributed by atoms with E-state index in [-0.39, 0.29) is 11.6 Å². The number of carbonyl (C=O) groups excluding carboxylic acids is 2. The molecule has 2 aromatic rings. The van der Waals surface area contributed by atoms with E-state index in [1.54, 1.807) is 36.3 Å². The number of pyridine rings is 1. The predicted molar refractivity (Wildman–Crippen MR) is 111 cm³/mol. The highest BCUT2D eigenvalue weighted by atomic mass is 19.4. The van der Waals surface area contributed by atoms with Crippen molar-refractivity contribution in [2.75, 3.05) is 7.05 Å². The molecular weight excluding hydrogens is 435 g/mol. The van der Waals surface area contributed by atoms with Gasteiger partial charge in [-0.05, 0) is 68.6 Å². The summed E-state index contributed by atoms with van der Waals surface area (Å²) in [6.07, 6.45) is 2.60. The number of aromatic nitrogens is 3. The van der Waals surface area contributed by atoms with E-state index in [1.807, 2.05) is 0 Å². The molecule has 2 unspecified atom stereocenters. The third kappa shape index (κ3) is 3.85. The molecule has 1 N–H and O–H groups in total. The first-order chi connectivity index (χ1) is 15.6. The fraction of sp³-hybridized carbons (Fsp3) is 0.522. The summed E-state index contributed by atoms with van der Waals surface area (Å²) in [7, 11) is 1.64. The third-order valence-electron chi connectivity index (χ3n) is 7.45. The molecule has 7 nitrogen and oxygen atoms in total. The molecule has 4 bridgehead atoms. The highest BCUT2D eigenvalue weighted by Crippen LogP contribution is 2.59. The molecule has 10 heteroatoms. The van der Waals surface area contributed by atoms with Gasteiger partial charge in [-0.2, -0.15) is 13.2 Å². The summed E-state index contributed by atoms with van der Waals surface area (Å²) in [6, 6.07) is 6.38. The third-order valence-corrected chi connectivity index (χ3v) is 7.45. The summed E-state index contributed by atoms with van der Waals surface area (Å²) in [6.45, 7) is 0. The number of carbonyl (C=O) groups is 2. The molecule has 4 saturated carbocycles. The van der Waals surface area contributed by atoms with Crippen molar-refractivity contribution in [3.63, 3.8) is 0 Å². The van der Waals surface area contributed by atoms with Crippen molar-refractivity contribution in [1.82, 2.24) is 25.2 Å². The van der Waals surface area contributed by atoms with Crippen molar-refractivity contribution in [3.8, 4) is 0 Å². The number of hydrogen-bond acceptors (Lipinski definition) is 5. The Morgan fingerprint density at radius 3 is 2.39 bits per heavy atom. The molecule has 33 heavy (non-hydrogen) atoms. The SMILES string of the molecule is CN(C(=O)c1ccnc(C(F)(F)F)n1)C12CC3CC(CC(NC(=O)c4ccccn4)(C3)C1)C2. The number of halogens is 3. The van der Waals surface area contributed by atoms with Crippen LogP contribution >= 0.6 is 0 Å². The summed E-state index contributed by atoms with van der Waals surface area (Å²) in [4.78, 5) is 38.6. The lowest BCUT2D eigenvalue weighted by Crippen LogP contribution is -2.70. The average Bonchev–Trinajstić information content (AvgIpc) is 2.77. The van der Waals surface area contributed by atoms with Crippen molar-refractivity contribution in [3.05, 3.63) is 53.9 Å². The smallest absolute Gasteiger partial charge is 0.345 e. The molecule has 0 aliphatic heterocycles. The van der Waals surface area contributed by atoms with E-state index < -0.39 is 29.0 Å². The summed E-state index contributed by atoms with van der Waals surface area (Å²) in [5.41, 5.74) is -0.938. The van der Waals surface area contributed by atoms with Crippen LogP contribution in [0.15, 0.2) is 36.7 Å². The van der Waals surface area contributed by atoms with Gasteiger partial charge in [0.1, 0.15) is 11.4 Å². The van der Waals surface area contributed by atoms with Crippen molar-refractivity contribution < 1.29 is 22.8 Å². The largest absolute Gasteiger partial charge is 0.451 e. The Bertz CT molecular complexity index is 1080. The van der Waals surface area contributed by atoms with Crippen LogP contribution < -0.4 is 5.32 Å². The van der Waals surface area contributed by atoms with Gasteiger partial charge in [0.25, 0.3) is 11.8 Å². The number of rotatable bonds is 4. The van der Waals surface area contributed by atoms with E-state index in [0.29, 0.717) is 24.0 Å². The monoisotopic (exact) mass is 459 g/mol. The molecule has 2 heterocycles. The summed E-state index contributed by atoms with van der Waals surface area (Å²) >= 11 is 0. The lowest BCUT2D eigenvalue weighted by Gasteiger charge is -2.64. The Hall–Kier alpha value is -3.04. The Balaban J connectivity index is 1.41. The minimum absolute atomic E-state index is 0.243. The molecule has 0 aromatic carbocycles. The minimum atomic E-state index is -4.73. The van der Waals surface area contributed by atoms with E-state index in [2.05, 4.69) is 20.3 Å². The first-order valence-corrected chi connectivity index (χ1v) is 11.0. The minimum Gasteiger partial charge on any atom is -0.345 e. The molecule has 174 valence electrons. The molecule has 2 atom stereocenters. The van der Waals surface area contributed by atoms with Gasteiger partial charge in [-0.15, -0.1) is 0 Å². The lowest BCUT2D eigenvalue weighted by molar-refractivity contribution is -0.145. The van der Waals surface area contributed by atoms with Crippen LogP contribution in [0.5, 0.6) is 0 Å². The van der Waals surface area contributed by atoms with Gasteiger partial charge in [-0.25, -0.2) is 9.97 Å². The van der Waals surface area contributed by atoms with E-state index in [1.165, 1.54) is 6.07 Å². The second kappa shape index (κ2) is 7.50. The average molecular weight is 459 g/mol. The van der Waals surface area contributed by atoms with Gasteiger partial charge in [0.2, 0.25) is 5.82 Å². The van der Waals surface area contributed by atoms with E-state index in [4.69, 9.17) is 0 Å². The van der Waals surface area contributed by atoms with Crippen LogP contribution in [0.3, 0.4) is 0 Å². The van der Waals surface area contributed by atoms with Crippen LogP contribution in [0.4, 0.5) is 13.2 Å². The molecule has 4 aliphatic carbocycles. The number of alkyl halides is 3. The maximum absolute atomic E-state index is 13.3. The van der Waals surface area contributed by atoms with Crippen LogP contribution in [0, 0.1) is 11.8 Å². The first kappa shape index (κ1) is 21.8. The maximum atomic E-state index is 13.3. The van der Waals surface area contributed by atoms with Crippen LogP contribution in [0.25, 0.3) is 0 Å². The zero-order valence-corrected chi connectivity index (χ0v) is 18.1. The molecule has 2 amide bonds. The number of nitrogens with zero attached hydrogens (tertiary/aromatic N) is 4. The zero-order valence-electron chi connectivity index (χ0n) is 18.1. The van der Waals surface area contributed by atoms with Crippen LogP contribution in [-0.4, -0.2) is 49.8 Å². The quantitative estimate of drug-likeness (QED) is 0.756. The van der Waals surface area contributed by atoms with E-state index in [0.717, 1.165) is 38.3 Å². The second-order valence-corrected chi connectivity index (χ2v) is 9.76. The lowest BCUT2D eigenvalue weighted by atomic mass is 9.49. The molecule has 4 aliphatic rings. The molecule has 0 saturated heterocycles. The van der Waals surface area contributed by atoms with Gasteiger partial charge in [0.15, 0.2) is 0 Å². The number of nitrogens with one attached hydrogen (secondary N) is 1. The second-order valence-electron chi connectivity index (χ2n) is 9.76. The Morgan fingerprint density at radius 1 is 1.03 bits per heavy atom. The van der Waals surface area contributed by atoms with Gasteiger partial charge in [0.05, 0.1) is 0 Å². The van der Waals surface area contributed by atoms with Crippen molar-refractivity contribution in [2.24, 2.45) is 11.8 Å². The van der Waals surface area contributed by atoms with Gasteiger partial charge in [0, 0.05) is 30.5 Å². The first-order valence-electron chi connectivity index (χ1n) is 11.0. The predicted octanol–water partition coefficient (Wildman–Crippen LogP) is 3.48. The summed E-state index contributed by atoms with van der Waals surface area (Å²) < 4.78 is 39.2. The Kier molecular flexibility index (Phi) is 4.95. The normalized spacial score (nSPS) is 30.2.